The highest BCUT2D eigenvalue weighted by atomic mass is 79.9. The number of nitrogen functional groups attached to an aromatic ring is 1. The average molecular weight is 364 g/mol. The summed E-state index contributed by atoms with van der Waals surface area (Å²) in [6.45, 7) is 0.577. The molecule has 3 aromatic rings. The van der Waals surface area contributed by atoms with Gasteiger partial charge < -0.3 is 5.73 Å². The van der Waals surface area contributed by atoms with Gasteiger partial charge in [0.2, 0.25) is 0 Å². The Labute approximate surface area is 135 Å². The summed E-state index contributed by atoms with van der Waals surface area (Å²) in [4.78, 5) is 4.32. The fraction of sp³-hybridized carbons (Fsp3) is 0.0667. The quantitative estimate of drug-likeness (QED) is 0.716. The van der Waals surface area contributed by atoms with E-state index in [0.29, 0.717) is 17.4 Å². The van der Waals surface area contributed by atoms with Gasteiger partial charge in [-0.25, -0.2) is 9.67 Å². The molecule has 0 spiro atoms. The van der Waals surface area contributed by atoms with Gasteiger partial charge in [-0.05, 0) is 42.0 Å². The molecule has 0 aliphatic heterocycles. The summed E-state index contributed by atoms with van der Waals surface area (Å²) < 4.78 is 2.72. The molecule has 6 heteroatoms. The molecule has 1 heterocycles. The fourth-order valence-corrected chi connectivity index (χ4v) is 2.69. The molecule has 0 atom stereocenters. The first kappa shape index (κ1) is 14.1. The van der Waals surface area contributed by atoms with Crippen molar-refractivity contribution in [3.05, 3.63) is 63.9 Å². The van der Waals surface area contributed by atoms with Gasteiger partial charge in [0, 0.05) is 20.7 Å². The molecule has 0 amide bonds. The summed E-state index contributed by atoms with van der Waals surface area (Å²) in [5, 5.41) is 5.17. The standard InChI is InChI=1S/C15H12BrClN4/c16-12-4-1-11(14(17)7-12)8-21-9-19-15(20-21)10-2-5-13(18)6-3-10/h1-7,9H,8,18H2. The van der Waals surface area contributed by atoms with Crippen LogP contribution in [0.4, 0.5) is 5.69 Å². The smallest absolute Gasteiger partial charge is 0.181 e. The van der Waals surface area contributed by atoms with Crippen molar-refractivity contribution in [1.82, 2.24) is 14.8 Å². The summed E-state index contributed by atoms with van der Waals surface area (Å²) in [6.07, 6.45) is 1.70. The van der Waals surface area contributed by atoms with Crippen molar-refractivity contribution in [3.8, 4) is 11.4 Å². The highest BCUT2D eigenvalue weighted by Crippen LogP contribution is 2.22. The normalized spacial score (nSPS) is 10.8. The summed E-state index contributed by atoms with van der Waals surface area (Å²) >= 11 is 9.61. The van der Waals surface area contributed by atoms with Crippen molar-refractivity contribution >= 4 is 33.2 Å². The van der Waals surface area contributed by atoms with E-state index >= 15 is 0 Å². The van der Waals surface area contributed by atoms with Gasteiger partial charge >= 0.3 is 0 Å². The number of hydrogen-bond acceptors (Lipinski definition) is 3. The van der Waals surface area contributed by atoms with Crippen LogP contribution in [0.15, 0.2) is 53.3 Å². The lowest BCUT2D eigenvalue weighted by atomic mass is 10.2. The fourth-order valence-electron chi connectivity index (χ4n) is 1.96. The van der Waals surface area contributed by atoms with Gasteiger partial charge in [-0.2, -0.15) is 5.10 Å². The highest BCUT2D eigenvalue weighted by molar-refractivity contribution is 9.10. The average Bonchev–Trinajstić information content (AvgIpc) is 2.91. The number of nitrogens with two attached hydrogens (primary N) is 1. The van der Waals surface area contributed by atoms with E-state index < -0.39 is 0 Å². The molecule has 2 N–H and O–H groups in total. The van der Waals surface area contributed by atoms with E-state index in [1.807, 2.05) is 42.5 Å². The molecule has 4 nitrogen and oxygen atoms in total. The maximum Gasteiger partial charge on any atom is 0.181 e. The molecule has 106 valence electrons. The van der Waals surface area contributed by atoms with E-state index in [4.69, 9.17) is 17.3 Å². The lowest BCUT2D eigenvalue weighted by Gasteiger charge is -2.04. The van der Waals surface area contributed by atoms with Crippen molar-refractivity contribution in [2.45, 2.75) is 6.54 Å². The second kappa shape index (κ2) is 5.87. The third-order valence-electron chi connectivity index (χ3n) is 3.05. The number of anilines is 1. The van der Waals surface area contributed by atoms with Gasteiger partial charge in [-0.1, -0.05) is 33.6 Å². The van der Waals surface area contributed by atoms with Gasteiger partial charge in [0.25, 0.3) is 0 Å². The Morgan fingerprint density at radius 2 is 1.90 bits per heavy atom. The number of halogens is 2. The Balaban J connectivity index is 1.83. The predicted molar refractivity (Wildman–Crippen MR) is 88.1 cm³/mol. The number of hydrogen-bond donors (Lipinski definition) is 1. The lowest BCUT2D eigenvalue weighted by Crippen LogP contribution is -2.01. The molecule has 0 radical (unpaired) electrons. The largest absolute Gasteiger partial charge is 0.399 e. The summed E-state index contributed by atoms with van der Waals surface area (Å²) in [7, 11) is 0. The molecule has 0 unspecified atom stereocenters. The van der Waals surface area contributed by atoms with Crippen molar-refractivity contribution in [3.63, 3.8) is 0 Å². The minimum absolute atomic E-state index is 0.577. The van der Waals surface area contributed by atoms with Crippen molar-refractivity contribution in [2.24, 2.45) is 0 Å². The lowest BCUT2D eigenvalue weighted by molar-refractivity contribution is 0.687. The highest BCUT2D eigenvalue weighted by Gasteiger charge is 2.06. The molecule has 2 aromatic carbocycles. The second-order valence-corrected chi connectivity index (χ2v) is 5.95. The van der Waals surface area contributed by atoms with E-state index in [2.05, 4.69) is 26.0 Å². The van der Waals surface area contributed by atoms with Crippen molar-refractivity contribution in [1.29, 1.82) is 0 Å². The monoisotopic (exact) mass is 362 g/mol. The zero-order valence-electron chi connectivity index (χ0n) is 11.0. The maximum atomic E-state index is 6.22. The Morgan fingerprint density at radius 1 is 1.14 bits per heavy atom. The van der Waals surface area contributed by atoms with E-state index in [-0.39, 0.29) is 0 Å². The number of rotatable bonds is 3. The van der Waals surface area contributed by atoms with E-state index in [0.717, 1.165) is 21.3 Å². The molecular formula is C15H12BrClN4. The third-order valence-corrected chi connectivity index (χ3v) is 3.90. The first-order valence-corrected chi connectivity index (χ1v) is 7.48. The van der Waals surface area contributed by atoms with Gasteiger partial charge in [-0.15, -0.1) is 0 Å². The van der Waals surface area contributed by atoms with Crippen LogP contribution in [-0.2, 0) is 6.54 Å². The van der Waals surface area contributed by atoms with Crippen LogP contribution < -0.4 is 5.73 Å². The minimum atomic E-state index is 0.577. The van der Waals surface area contributed by atoms with Crippen LogP contribution >= 0.6 is 27.5 Å². The minimum Gasteiger partial charge on any atom is -0.399 e. The SMILES string of the molecule is Nc1ccc(-c2ncn(Cc3ccc(Br)cc3Cl)n2)cc1. The van der Waals surface area contributed by atoms with E-state index in [1.54, 1.807) is 11.0 Å². The van der Waals surface area contributed by atoms with Gasteiger partial charge in [0.1, 0.15) is 6.33 Å². The zero-order valence-corrected chi connectivity index (χ0v) is 13.3. The molecule has 1 aromatic heterocycles. The van der Waals surface area contributed by atoms with Crippen LogP contribution in [0.25, 0.3) is 11.4 Å². The molecular weight excluding hydrogens is 352 g/mol. The number of nitrogens with zero attached hydrogens (tertiary/aromatic N) is 3. The number of aromatic nitrogens is 3. The van der Waals surface area contributed by atoms with Gasteiger partial charge in [0.15, 0.2) is 5.82 Å². The third kappa shape index (κ3) is 3.25. The molecule has 3 rings (SSSR count). The summed E-state index contributed by atoms with van der Waals surface area (Å²) in [5.74, 6) is 0.670. The molecule has 0 aliphatic carbocycles. The second-order valence-electron chi connectivity index (χ2n) is 4.62. The topological polar surface area (TPSA) is 56.7 Å². The molecule has 0 fully saturated rings. The van der Waals surface area contributed by atoms with Crippen LogP contribution in [0.2, 0.25) is 5.02 Å². The van der Waals surface area contributed by atoms with Crippen LogP contribution in [0.3, 0.4) is 0 Å². The summed E-state index contributed by atoms with van der Waals surface area (Å²) in [6, 6.07) is 13.3. The van der Waals surface area contributed by atoms with Crippen molar-refractivity contribution in [2.75, 3.05) is 5.73 Å². The molecule has 0 saturated heterocycles. The number of benzene rings is 2. The molecule has 21 heavy (non-hydrogen) atoms. The van der Waals surface area contributed by atoms with Crippen molar-refractivity contribution < 1.29 is 0 Å². The van der Waals surface area contributed by atoms with E-state index in [9.17, 15) is 0 Å². The molecule has 0 aliphatic rings. The van der Waals surface area contributed by atoms with Gasteiger partial charge in [0.05, 0.1) is 6.54 Å². The van der Waals surface area contributed by atoms with Crippen LogP contribution in [-0.4, -0.2) is 14.8 Å². The molecule has 0 saturated carbocycles. The summed E-state index contributed by atoms with van der Waals surface area (Å²) in [5.41, 5.74) is 8.33. The Morgan fingerprint density at radius 3 is 2.62 bits per heavy atom. The maximum absolute atomic E-state index is 6.22. The Bertz CT molecular complexity index is 768. The first-order chi connectivity index (χ1) is 10.1. The van der Waals surface area contributed by atoms with Gasteiger partial charge in [-0.3, -0.25) is 0 Å². The van der Waals surface area contributed by atoms with Crippen LogP contribution in [0.1, 0.15) is 5.56 Å². The predicted octanol–water partition coefficient (Wildman–Crippen LogP) is 3.99. The van der Waals surface area contributed by atoms with E-state index in [1.165, 1.54) is 0 Å². The van der Waals surface area contributed by atoms with Crippen LogP contribution in [0, 0.1) is 0 Å². The molecule has 0 bridgehead atoms. The van der Waals surface area contributed by atoms with Crippen LogP contribution in [0.5, 0.6) is 0 Å². The Hall–Kier alpha value is -1.85. The zero-order chi connectivity index (χ0) is 14.8. The first-order valence-electron chi connectivity index (χ1n) is 6.31. The Kier molecular flexibility index (Phi) is 3.94.